The number of nitrogen functional groups attached to an aromatic ring is 1. The van der Waals surface area contributed by atoms with E-state index in [0.29, 0.717) is 5.92 Å². The van der Waals surface area contributed by atoms with Gasteiger partial charge in [0.05, 0.1) is 0 Å². The highest BCUT2D eigenvalue weighted by atomic mass is 14.6. The van der Waals surface area contributed by atoms with Crippen molar-refractivity contribution in [3.8, 4) is 0 Å². The second kappa shape index (κ2) is 3.93. The van der Waals surface area contributed by atoms with E-state index in [2.05, 4.69) is 32.1 Å². The molecule has 0 aliphatic heterocycles. The molecular formula is C14H17N. The summed E-state index contributed by atoms with van der Waals surface area (Å²) in [5.74, 6) is 0.652. The lowest BCUT2D eigenvalue weighted by atomic mass is 9.88. The van der Waals surface area contributed by atoms with Crippen molar-refractivity contribution in [3.05, 3.63) is 47.6 Å². The average Bonchev–Trinajstić information content (AvgIpc) is 2.20. The number of hydrogen-bond donors (Lipinski definition) is 1. The Morgan fingerprint density at radius 3 is 2.67 bits per heavy atom. The molecule has 2 rings (SSSR count). The first-order chi connectivity index (χ1) is 7.18. The molecule has 1 aliphatic rings. The van der Waals surface area contributed by atoms with Crippen molar-refractivity contribution in [2.45, 2.75) is 20.3 Å². The molecule has 78 valence electrons. The molecule has 1 heteroatoms. The molecule has 0 bridgehead atoms. The number of benzene rings is 1. The number of para-hydroxylation sites is 1. The normalized spacial score (nSPS) is 20.8. The molecular weight excluding hydrogens is 182 g/mol. The zero-order valence-electron chi connectivity index (χ0n) is 9.33. The van der Waals surface area contributed by atoms with Crippen LogP contribution < -0.4 is 5.73 Å². The Balaban J connectivity index is 2.41. The van der Waals surface area contributed by atoms with Crippen molar-refractivity contribution in [2.24, 2.45) is 5.92 Å². The van der Waals surface area contributed by atoms with E-state index in [1.54, 1.807) is 0 Å². The van der Waals surface area contributed by atoms with Gasteiger partial charge in [-0.15, -0.1) is 0 Å². The standard InChI is InChI=1S/C14H17N/c1-10-7-8-12(11(2)9-10)13-5-3-4-6-14(13)15/h3-6,8-10H,7,15H2,1-2H3. The molecule has 1 nitrogen and oxygen atoms in total. The van der Waals surface area contributed by atoms with Crippen LogP contribution in [0.3, 0.4) is 0 Å². The fourth-order valence-corrected chi connectivity index (χ4v) is 2.11. The van der Waals surface area contributed by atoms with Crippen LogP contribution in [0.1, 0.15) is 25.8 Å². The first-order valence-electron chi connectivity index (χ1n) is 5.42. The minimum absolute atomic E-state index is 0.652. The molecule has 2 N–H and O–H groups in total. The maximum atomic E-state index is 5.98. The molecule has 0 spiro atoms. The third-order valence-corrected chi connectivity index (χ3v) is 2.90. The number of hydrogen-bond acceptors (Lipinski definition) is 1. The quantitative estimate of drug-likeness (QED) is 0.686. The monoisotopic (exact) mass is 199 g/mol. The fraction of sp³-hybridized carbons (Fsp3) is 0.286. The highest BCUT2D eigenvalue weighted by Gasteiger charge is 2.12. The Morgan fingerprint density at radius 1 is 1.27 bits per heavy atom. The van der Waals surface area contributed by atoms with E-state index < -0.39 is 0 Å². The lowest BCUT2D eigenvalue weighted by molar-refractivity contribution is 0.732. The van der Waals surface area contributed by atoms with Crippen LogP contribution in [-0.2, 0) is 0 Å². The smallest absolute Gasteiger partial charge is 0.0393 e. The summed E-state index contributed by atoms with van der Waals surface area (Å²) in [4.78, 5) is 0. The van der Waals surface area contributed by atoms with Gasteiger partial charge >= 0.3 is 0 Å². The molecule has 0 fully saturated rings. The van der Waals surface area contributed by atoms with E-state index in [-0.39, 0.29) is 0 Å². The Bertz CT molecular complexity index is 427. The summed E-state index contributed by atoms with van der Waals surface area (Å²) in [7, 11) is 0. The topological polar surface area (TPSA) is 26.0 Å². The van der Waals surface area contributed by atoms with Crippen LogP contribution >= 0.6 is 0 Å². The van der Waals surface area contributed by atoms with E-state index in [0.717, 1.165) is 17.7 Å². The van der Waals surface area contributed by atoms with Gasteiger partial charge in [0, 0.05) is 11.3 Å². The first kappa shape index (κ1) is 10.0. The van der Waals surface area contributed by atoms with Gasteiger partial charge in [0.15, 0.2) is 0 Å². The van der Waals surface area contributed by atoms with Gasteiger partial charge in [0.2, 0.25) is 0 Å². The Labute approximate surface area is 91.3 Å². The predicted octanol–water partition coefficient (Wildman–Crippen LogP) is 3.64. The second-order valence-corrected chi connectivity index (χ2v) is 4.27. The van der Waals surface area contributed by atoms with Crippen molar-refractivity contribution in [2.75, 3.05) is 5.73 Å². The SMILES string of the molecule is CC1=CC(C)CC=C1c1ccccc1N. The summed E-state index contributed by atoms with van der Waals surface area (Å²) < 4.78 is 0. The van der Waals surface area contributed by atoms with Crippen molar-refractivity contribution >= 4 is 11.3 Å². The van der Waals surface area contributed by atoms with Gasteiger partial charge in [-0.05, 0) is 36.5 Å². The summed E-state index contributed by atoms with van der Waals surface area (Å²) in [6.07, 6.45) is 5.73. The lowest BCUT2D eigenvalue weighted by Crippen LogP contribution is -2.01. The second-order valence-electron chi connectivity index (χ2n) is 4.27. The summed E-state index contributed by atoms with van der Waals surface area (Å²) >= 11 is 0. The molecule has 1 aromatic rings. The molecule has 1 aliphatic carbocycles. The third-order valence-electron chi connectivity index (χ3n) is 2.90. The van der Waals surface area contributed by atoms with E-state index in [9.17, 15) is 0 Å². The van der Waals surface area contributed by atoms with Crippen LogP contribution in [0.4, 0.5) is 5.69 Å². The van der Waals surface area contributed by atoms with Gasteiger partial charge in [-0.3, -0.25) is 0 Å². The van der Waals surface area contributed by atoms with Gasteiger partial charge in [-0.2, -0.15) is 0 Å². The van der Waals surface area contributed by atoms with E-state index in [4.69, 9.17) is 5.73 Å². The van der Waals surface area contributed by atoms with Crippen LogP contribution in [-0.4, -0.2) is 0 Å². The zero-order valence-corrected chi connectivity index (χ0v) is 9.33. The van der Waals surface area contributed by atoms with Crippen molar-refractivity contribution in [1.29, 1.82) is 0 Å². The molecule has 1 unspecified atom stereocenters. The van der Waals surface area contributed by atoms with Gasteiger partial charge in [-0.25, -0.2) is 0 Å². The first-order valence-corrected chi connectivity index (χ1v) is 5.42. The molecule has 0 saturated carbocycles. The molecule has 15 heavy (non-hydrogen) atoms. The molecule has 1 aromatic carbocycles. The maximum Gasteiger partial charge on any atom is 0.0393 e. The van der Waals surface area contributed by atoms with Gasteiger partial charge < -0.3 is 5.73 Å². The maximum absolute atomic E-state index is 5.98. The van der Waals surface area contributed by atoms with Gasteiger partial charge in [0.25, 0.3) is 0 Å². The highest BCUT2D eigenvalue weighted by Crippen LogP contribution is 2.32. The Kier molecular flexibility index (Phi) is 2.63. The Hall–Kier alpha value is -1.50. The fourth-order valence-electron chi connectivity index (χ4n) is 2.11. The number of rotatable bonds is 1. The molecule has 0 saturated heterocycles. The highest BCUT2D eigenvalue weighted by molar-refractivity contribution is 5.85. The summed E-state index contributed by atoms with van der Waals surface area (Å²) in [5, 5.41) is 0. The minimum Gasteiger partial charge on any atom is -0.398 e. The average molecular weight is 199 g/mol. The molecule has 0 aromatic heterocycles. The molecule has 1 atom stereocenters. The molecule has 0 amide bonds. The summed E-state index contributed by atoms with van der Waals surface area (Å²) in [5.41, 5.74) is 10.6. The number of allylic oxidation sites excluding steroid dienone is 4. The van der Waals surface area contributed by atoms with Gasteiger partial charge in [0.1, 0.15) is 0 Å². The van der Waals surface area contributed by atoms with Crippen LogP contribution in [0.2, 0.25) is 0 Å². The lowest BCUT2D eigenvalue weighted by Gasteiger charge is -2.18. The zero-order chi connectivity index (χ0) is 10.8. The molecule has 0 radical (unpaired) electrons. The van der Waals surface area contributed by atoms with Crippen LogP contribution in [0.25, 0.3) is 5.57 Å². The van der Waals surface area contributed by atoms with Gasteiger partial charge in [-0.1, -0.05) is 37.3 Å². The molecule has 0 heterocycles. The van der Waals surface area contributed by atoms with Crippen molar-refractivity contribution in [3.63, 3.8) is 0 Å². The summed E-state index contributed by atoms with van der Waals surface area (Å²) in [6, 6.07) is 8.07. The number of nitrogens with two attached hydrogens (primary N) is 1. The van der Waals surface area contributed by atoms with Crippen molar-refractivity contribution < 1.29 is 0 Å². The minimum atomic E-state index is 0.652. The van der Waals surface area contributed by atoms with Crippen molar-refractivity contribution in [1.82, 2.24) is 0 Å². The van der Waals surface area contributed by atoms with Crippen LogP contribution in [0.15, 0.2) is 42.0 Å². The Morgan fingerprint density at radius 2 is 2.00 bits per heavy atom. The van der Waals surface area contributed by atoms with E-state index in [1.807, 2.05) is 18.2 Å². The van der Waals surface area contributed by atoms with Crippen LogP contribution in [0.5, 0.6) is 0 Å². The number of anilines is 1. The summed E-state index contributed by atoms with van der Waals surface area (Å²) in [6.45, 7) is 4.40. The van der Waals surface area contributed by atoms with E-state index >= 15 is 0 Å². The third kappa shape index (κ3) is 1.96. The van der Waals surface area contributed by atoms with Crippen LogP contribution in [0, 0.1) is 5.92 Å². The predicted molar refractivity (Wildman–Crippen MR) is 66.4 cm³/mol. The largest absolute Gasteiger partial charge is 0.398 e. The van der Waals surface area contributed by atoms with E-state index in [1.165, 1.54) is 11.1 Å².